The molecule has 8 heteroatoms. The van der Waals surface area contributed by atoms with Gasteiger partial charge in [-0.15, -0.1) is 0 Å². The summed E-state index contributed by atoms with van der Waals surface area (Å²) in [5, 5.41) is 7.77. The molecule has 1 aliphatic rings. The number of nitrogens with one attached hydrogen (secondary N) is 1. The number of carbonyl (C=O) groups is 2. The van der Waals surface area contributed by atoms with Crippen molar-refractivity contribution in [3.8, 4) is 0 Å². The number of primary sulfonamides is 1. The molecule has 1 saturated heterocycles. The van der Waals surface area contributed by atoms with Gasteiger partial charge in [-0.3, -0.25) is 9.59 Å². The van der Waals surface area contributed by atoms with Crippen LogP contribution in [0.1, 0.15) is 35.2 Å². The van der Waals surface area contributed by atoms with Gasteiger partial charge in [-0.2, -0.15) is 0 Å². The maximum absolute atomic E-state index is 12.4. The summed E-state index contributed by atoms with van der Waals surface area (Å²) in [4.78, 5) is 26.1. The summed E-state index contributed by atoms with van der Waals surface area (Å²) in [6.45, 7) is 0.704. The van der Waals surface area contributed by atoms with Crippen LogP contribution in [-0.4, -0.2) is 26.8 Å². The fourth-order valence-electron chi connectivity index (χ4n) is 2.99. The molecule has 2 aromatic rings. The molecule has 1 aliphatic heterocycles. The molecule has 0 spiro atoms. The number of benzene rings is 2. The Bertz CT molecular complexity index is 938. The second kappa shape index (κ2) is 7.89. The Morgan fingerprint density at radius 3 is 2.30 bits per heavy atom. The molecule has 0 bridgehead atoms. The average Bonchev–Trinajstić information content (AvgIpc) is 2.63. The first-order chi connectivity index (χ1) is 12.8. The zero-order valence-electron chi connectivity index (χ0n) is 14.7. The van der Waals surface area contributed by atoms with E-state index in [-0.39, 0.29) is 17.6 Å². The van der Waals surface area contributed by atoms with Gasteiger partial charge in [0, 0.05) is 29.9 Å². The predicted octanol–water partition coefficient (Wildman–Crippen LogP) is 2.24. The number of hydrogen-bond donors (Lipinski definition) is 2. The molecule has 0 aromatic heterocycles. The van der Waals surface area contributed by atoms with Crippen molar-refractivity contribution >= 4 is 33.2 Å². The zero-order chi connectivity index (χ0) is 19.4. The molecule has 0 unspecified atom stereocenters. The fraction of sp³-hybridized carbons (Fsp3) is 0.263. The van der Waals surface area contributed by atoms with E-state index in [9.17, 15) is 18.0 Å². The van der Waals surface area contributed by atoms with Crippen LogP contribution >= 0.6 is 0 Å². The van der Waals surface area contributed by atoms with Crippen molar-refractivity contribution in [1.29, 1.82) is 0 Å². The second-order valence-electron chi connectivity index (χ2n) is 6.51. The van der Waals surface area contributed by atoms with Crippen molar-refractivity contribution in [1.82, 2.24) is 0 Å². The van der Waals surface area contributed by atoms with E-state index in [2.05, 4.69) is 5.32 Å². The van der Waals surface area contributed by atoms with E-state index in [0.717, 1.165) is 18.5 Å². The first-order valence-corrected chi connectivity index (χ1v) is 10.3. The third-order valence-electron chi connectivity index (χ3n) is 4.34. The number of nitrogens with two attached hydrogens (primary N) is 1. The molecule has 1 heterocycles. The van der Waals surface area contributed by atoms with Gasteiger partial charge < -0.3 is 10.2 Å². The smallest absolute Gasteiger partial charge is 0.255 e. The van der Waals surface area contributed by atoms with Crippen molar-refractivity contribution in [2.45, 2.75) is 25.0 Å². The standard InChI is InChI=1S/C19H21N3O4S/c20-27(25,26)13-14-4-8-16(9-5-14)21-19(24)15-6-10-17(11-7-15)22-12-2-1-3-18(22)23/h4-11H,1-3,12-13H2,(H,21,24)(H2,20,25,26). The van der Waals surface area contributed by atoms with Crippen molar-refractivity contribution in [3.05, 3.63) is 59.7 Å². The van der Waals surface area contributed by atoms with Gasteiger partial charge in [0.05, 0.1) is 5.75 Å². The lowest BCUT2D eigenvalue weighted by Gasteiger charge is -2.26. The van der Waals surface area contributed by atoms with Crippen LogP contribution in [0, 0.1) is 0 Å². The second-order valence-corrected chi connectivity index (χ2v) is 8.12. The van der Waals surface area contributed by atoms with Crippen LogP contribution in [-0.2, 0) is 20.6 Å². The maximum atomic E-state index is 12.4. The Hall–Kier alpha value is -2.71. The Balaban J connectivity index is 1.65. The highest BCUT2D eigenvalue weighted by molar-refractivity contribution is 7.88. The molecule has 3 rings (SSSR count). The molecule has 1 fully saturated rings. The van der Waals surface area contributed by atoms with Crippen molar-refractivity contribution in [3.63, 3.8) is 0 Å². The molecule has 3 N–H and O–H groups in total. The lowest BCUT2D eigenvalue weighted by Crippen LogP contribution is -2.35. The third-order valence-corrected chi connectivity index (χ3v) is 5.08. The van der Waals surface area contributed by atoms with Crippen molar-refractivity contribution in [2.75, 3.05) is 16.8 Å². The van der Waals surface area contributed by atoms with E-state index in [1.54, 1.807) is 53.4 Å². The van der Waals surface area contributed by atoms with Crippen LogP contribution < -0.4 is 15.4 Å². The molecule has 7 nitrogen and oxygen atoms in total. The van der Waals surface area contributed by atoms with E-state index < -0.39 is 10.0 Å². The summed E-state index contributed by atoms with van der Waals surface area (Å²) in [7, 11) is -3.59. The minimum Gasteiger partial charge on any atom is -0.322 e. The average molecular weight is 387 g/mol. The zero-order valence-corrected chi connectivity index (χ0v) is 15.5. The number of nitrogens with zero attached hydrogens (tertiary/aromatic N) is 1. The molecule has 2 aromatic carbocycles. The highest BCUT2D eigenvalue weighted by Crippen LogP contribution is 2.21. The number of carbonyl (C=O) groups excluding carboxylic acids is 2. The molecule has 142 valence electrons. The maximum Gasteiger partial charge on any atom is 0.255 e. The monoisotopic (exact) mass is 387 g/mol. The van der Waals surface area contributed by atoms with Crippen LogP contribution in [0.5, 0.6) is 0 Å². The van der Waals surface area contributed by atoms with Gasteiger partial charge in [-0.05, 0) is 54.8 Å². The summed E-state index contributed by atoms with van der Waals surface area (Å²) in [6.07, 6.45) is 2.46. The largest absolute Gasteiger partial charge is 0.322 e. The van der Waals surface area contributed by atoms with Crippen LogP contribution in [0.4, 0.5) is 11.4 Å². The first kappa shape index (κ1) is 19.1. The summed E-state index contributed by atoms with van der Waals surface area (Å²) in [5.74, 6) is -0.429. The highest BCUT2D eigenvalue weighted by atomic mass is 32.2. The van der Waals surface area contributed by atoms with Crippen molar-refractivity contribution < 1.29 is 18.0 Å². The summed E-state index contributed by atoms with van der Waals surface area (Å²) < 4.78 is 22.2. The topological polar surface area (TPSA) is 110 Å². The van der Waals surface area contributed by atoms with Crippen LogP contribution in [0.2, 0.25) is 0 Å². The first-order valence-electron chi connectivity index (χ1n) is 8.63. The molecule has 0 radical (unpaired) electrons. The normalized spacial score (nSPS) is 14.9. The Morgan fingerprint density at radius 1 is 1.04 bits per heavy atom. The molecular weight excluding hydrogens is 366 g/mol. The number of amides is 2. The van der Waals surface area contributed by atoms with Gasteiger partial charge in [0.15, 0.2) is 0 Å². The summed E-state index contributed by atoms with van der Waals surface area (Å²) in [5.41, 5.74) is 2.36. The van der Waals surface area contributed by atoms with E-state index >= 15 is 0 Å². The number of hydrogen-bond acceptors (Lipinski definition) is 4. The minimum absolute atomic E-state index is 0.109. The fourth-order valence-corrected chi connectivity index (χ4v) is 3.65. The molecule has 0 atom stereocenters. The lowest BCUT2D eigenvalue weighted by atomic mass is 10.1. The molecule has 0 saturated carbocycles. The molecule has 27 heavy (non-hydrogen) atoms. The van der Waals surface area contributed by atoms with Gasteiger partial charge in [-0.1, -0.05) is 12.1 Å². The van der Waals surface area contributed by atoms with E-state index in [0.29, 0.717) is 29.8 Å². The number of anilines is 2. The number of piperidine rings is 1. The Kier molecular flexibility index (Phi) is 5.57. The minimum atomic E-state index is -3.59. The van der Waals surface area contributed by atoms with E-state index in [1.807, 2.05) is 0 Å². The SMILES string of the molecule is NS(=O)(=O)Cc1ccc(NC(=O)c2ccc(N3CCCCC3=O)cc2)cc1. The van der Waals surface area contributed by atoms with Crippen molar-refractivity contribution in [2.24, 2.45) is 5.14 Å². The van der Waals surface area contributed by atoms with Crippen LogP contribution in [0.15, 0.2) is 48.5 Å². The lowest BCUT2D eigenvalue weighted by molar-refractivity contribution is -0.119. The summed E-state index contributed by atoms with van der Waals surface area (Å²) in [6, 6.07) is 13.4. The van der Waals surface area contributed by atoms with Gasteiger partial charge >= 0.3 is 0 Å². The van der Waals surface area contributed by atoms with Crippen LogP contribution in [0.25, 0.3) is 0 Å². The Labute approximate surface area is 158 Å². The number of rotatable bonds is 5. The predicted molar refractivity (Wildman–Crippen MR) is 104 cm³/mol. The number of sulfonamides is 1. The molecule has 2 amide bonds. The van der Waals surface area contributed by atoms with E-state index in [1.165, 1.54) is 0 Å². The van der Waals surface area contributed by atoms with Gasteiger partial charge in [0.25, 0.3) is 5.91 Å². The van der Waals surface area contributed by atoms with Gasteiger partial charge in [0.1, 0.15) is 0 Å². The molecular formula is C19H21N3O4S. The van der Waals surface area contributed by atoms with Crippen LogP contribution in [0.3, 0.4) is 0 Å². The quantitative estimate of drug-likeness (QED) is 0.820. The Morgan fingerprint density at radius 2 is 1.70 bits per heavy atom. The van der Waals surface area contributed by atoms with Gasteiger partial charge in [0.2, 0.25) is 15.9 Å². The highest BCUT2D eigenvalue weighted by Gasteiger charge is 2.19. The molecule has 0 aliphatic carbocycles. The van der Waals surface area contributed by atoms with Gasteiger partial charge in [-0.25, -0.2) is 13.6 Å². The summed E-state index contributed by atoms with van der Waals surface area (Å²) >= 11 is 0. The van der Waals surface area contributed by atoms with E-state index in [4.69, 9.17) is 5.14 Å². The third kappa shape index (κ3) is 5.15.